The number of halogens is 1. The third-order valence-electron chi connectivity index (χ3n) is 4.19. The normalized spacial score (nSPS) is 21.4. The number of nitrogens with one attached hydrogen (secondary N) is 1. The topological polar surface area (TPSA) is 32.3 Å². The Morgan fingerprint density at radius 1 is 1.45 bits per heavy atom. The molecule has 0 spiro atoms. The summed E-state index contributed by atoms with van der Waals surface area (Å²) in [6, 6.07) is 6.45. The van der Waals surface area contributed by atoms with Crippen LogP contribution in [0.3, 0.4) is 0 Å². The third kappa shape index (κ3) is 3.18. The van der Waals surface area contributed by atoms with Crippen LogP contribution in [0.1, 0.15) is 39.4 Å². The minimum Gasteiger partial charge on any atom is -0.322 e. The zero-order valence-corrected chi connectivity index (χ0v) is 12.6. The molecule has 1 fully saturated rings. The van der Waals surface area contributed by atoms with Crippen molar-refractivity contribution in [1.29, 1.82) is 0 Å². The van der Waals surface area contributed by atoms with Crippen LogP contribution in [0.15, 0.2) is 24.3 Å². The molecule has 2 rings (SSSR count). The van der Waals surface area contributed by atoms with Crippen molar-refractivity contribution in [3.05, 3.63) is 35.6 Å². The molecule has 1 saturated heterocycles. The lowest BCUT2D eigenvalue weighted by molar-refractivity contribution is -0.129. The van der Waals surface area contributed by atoms with Crippen molar-refractivity contribution in [3.63, 3.8) is 0 Å². The minimum atomic E-state index is -0.271. The lowest BCUT2D eigenvalue weighted by atomic mass is 9.81. The smallest absolute Gasteiger partial charge is 0.238 e. The molecular weight excluding hydrogens is 255 g/mol. The second-order valence-corrected chi connectivity index (χ2v) is 6.65. The summed E-state index contributed by atoms with van der Waals surface area (Å²) in [4.78, 5) is 13.9. The summed E-state index contributed by atoms with van der Waals surface area (Å²) in [5, 5.41) is 3.17. The quantitative estimate of drug-likeness (QED) is 0.922. The van der Waals surface area contributed by atoms with Crippen molar-refractivity contribution in [1.82, 2.24) is 10.2 Å². The van der Waals surface area contributed by atoms with E-state index in [2.05, 4.69) is 33.0 Å². The molecule has 0 saturated carbocycles. The van der Waals surface area contributed by atoms with Crippen molar-refractivity contribution in [3.8, 4) is 0 Å². The molecule has 3 nitrogen and oxygen atoms in total. The van der Waals surface area contributed by atoms with E-state index in [0.717, 1.165) is 5.56 Å². The number of carbonyl (C=O) groups excluding carboxylic acids is 1. The second-order valence-electron chi connectivity index (χ2n) is 6.65. The average Bonchev–Trinajstić information content (AvgIpc) is 2.70. The summed E-state index contributed by atoms with van der Waals surface area (Å²) >= 11 is 0. The molecule has 1 aromatic rings. The summed E-state index contributed by atoms with van der Waals surface area (Å²) in [7, 11) is 0. The molecule has 0 bridgehead atoms. The van der Waals surface area contributed by atoms with E-state index in [4.69, 9.17) is 0 Å². The first-order valence-corrected chi connectivity index (χ1v) is 7.07. The van der Waals surface area contributed by atoms with Crippen LogP contribution in [0.5, 0.6) is 0 Å². The monoisotopic (exact) mass is 278 g/mol. The minimum absolute atomic E-state index is 0.0790. The van der Waals surface area contributed by atoms with Crippen LogP contribution in [0.25, 0.3) is 0 Å². The van der Waals surface area contributed by atoms with E-state index in [-0.39, 0.29) is 23.3 Å². The van der Waals surface area contributed by atoms with Gasteiger partial charge < -0.3 is 4.90 Å². The number of nitrogens with zero attached hydrogens (tertiary/aromatic N) is 1. The van der Waals surface area contributed by atoms with E-state index in [0.29, 0.717) is 19.0 Å². The highest BCUT2D eigenvalue weighted by atomic mass is 19.1. The molecule has 2 atom stereocenters. The fourth-order valence-electron chi connectivity index (χ4n) is 2.29. The number of amides is 1. The van der Waals surface area contributed by atoms with Crippen molar-refractivity contribution >= 4 is 5.91 Å². The Labute approximate surface area is 120 Å². The molecule has 1 amide bonds. The van der Waals surface area contributed by atoms with Gasteiger partial charge in [-0.3, -0.25) is 10.1 Å². The Bertz CT molecular complexity index is 495. The SMILES string of the molecule is CC(CN1C(=O)CNC1c1cccc(F)c1)C(C)(C)C. The highest BCUT2D eigenvalue weighted by Gasteiger charge is 2.34. The summed E-state index contributed by atoms with van der Waals surface area (Å²) in [5.41, 5.74) is 0.937. The highest BCUT2D eigenvalue weighted by Crippen LogP contribution is 2.30. The number of benzene rings is 1. The van der Waals surface area contributed by atoms with Crippen molar-refractivity contribution in [2.45, 2.75) is 33.9 Å². The molecule has 2 unspecified atom stereocenters. The fourth-order valence-corrected chi connectivity index (χ4v) is 2.29. The molecule has 1 heterocycles. The van der Waals surface area contributed by atoms with E-state index in [1.54, 1.807) is 6.07 Å². The van der Waals surface area contributed by atoms with Gasteiger partial charge >= 0.3 is 0 Å². The first-order chi connectivity index (χ1) is 9.29. The molecule has 110 valence electrons. The van der Waals surface area contributed by atoms with Crippen LogP contribution in [0, 0.1) is 17.2 Å². The van der Waals surface area contributed by atoms with Crippen molar-refractivity contribution < 1.29 is 9.18 Å². The number of carbonyl (C=O) groups is 1. The van der Waals surface area contributed by atoms with Crippen LogP contribution < -0.4 is 5.32 Å². The molecule has 0 aliphatic carbocycles. The number of rotatable bonds is 3. The molecule has 20 heavy (non-hydrogen) atoms. The van der Waals surface area contributed by atoms with Crippen LogP contribution in [0.2, 0.25) is 0 Å². The zero-order valence-electron chi connectivity index (χ0n) is 12.6. The average molecular weight is 278 g/mol. The van der Waals surface area contributed by atoms with Gasteiger partial charge in [0.15, 0.2) is 0 Å². The molecule has 1 N–H and O–H groups in total. The van der Waals surface area contributed by atoms with Crippen LogP contribution in [0.4, 0.5) is 4.39 Å². The van der Waals surface area contributed by atoms with Gasteiger partial charge in [0.2, 0.25) is 5.91 Å². The van der Waals surface area contributed by atoms with Gasteiger partial charge in [0.25, 0.3) is 0 Å². The molecular formula is C16H23FN2O. The fraction of sp³-hybridized carbons (Fsp3) is 0.562. The summed E-state index contributed by atoms with van der Waals surface area (Å²) in [6.45, 7) is 9.65. The maximum atomic E-state index is 13.4. The van der Waals surface area contributed by atoms with E-state index < -0.39 is 0 Å². The van der Waals surface area contributed by atoms with Gasteiger partial charge in [-0.05, 0) is 29.0 Å². The third-order valence-corrected chi connectivity index (χ3v) is 4.19. The van der Waals surface area contributed by atoms with E-state index in [1.807, 2.05) is 11.0 Å². The van der Waals surface area contributed by atoms with Gasteiger partial charge in [0, 0.05) is 6.54 Å². The highest BCUT2D eigenvalue weighted by molar-refractivity contribution is 5.81. The van der Waals surface area contributed by atoms with Crippen LogP contribution in [-0.2, 0) is 4.79 Å². The van der Waals surface area contributed by atoms with Gasteiger partial charge in [-0.25, -0.2) is 4.39 Å². The predicted octanol–water partition coefficient (Wildman–Crippen LogP) is 2.94. The second kappa shape index (κ2) is 5.52. The van der Waals surface area contributed by atoms with Gasteiger partial charge in [0.1, 0.15) is 12.0 Å². The first-order valence-electron chi connectivity index (χ1n) is 7.07. The van der Waals surface area contributed by atoms with Crippen molar-refractivity contribution in [2.75, 3.05) is 13.1 Å². The Morgan fingerprint density at radius 3 is 2.75 bits per heavy atom. The molecule has 1 aromatic carbocycles. The molecule has 0 aromatic heterocycles. The summed E-state index contributed by atoms with van der Waals surface area (Å²) in [5.74, 6) is 0.172. The zero-order chi connectivity index (χ0) is 14.9. The molecule has 1 aliphatic rings. The number of hydrogen-bond acceptors (Lipinski definition) is 2. The largest absolute Gasteiger partial charge is 0.322 e. The van der Waals surface area contributed by atoms with Gasteiger partial charge in [-0.1, -0.05) is 39.8 Å². The van der Waals surface area contributed by atoms with Crippen LogP contribution >= 0.6 is 0 Å². The van der Waals surface area contributed by atoms with Gasteiger partial charge in [-0.2, -0.15) is 0 Å². The Balaban J connectivity index is 2.19. The molecule has 0 radical (unpaired) electrons. The summed E-state index contributed by atoms with van der Waals surface area (Å²) < 4.78 is 13.4. The van der Waals surface area contributed by atoms with Crippen molar-refractivity contribution in [2.24, 2.45) is 11.3 Å². The maximum Gasteiger partial charge on any atom is 0.238 e. The summed E-state index contributed by atoms with van der Waals surface area (Å²) in [6.07, 6.45) is -0.219. The van der Waals surface area contributed by atoms with Crippen LogP contribution in [-0.4, -0.2) is 23.9 Å². The lowest BCUT2D eigenvalue weighted by Crippen LogP contribution is -2.37. The van der Waals surface area contributed by atoms with Gasteiger partial charge in [-0.15, -0.1) is 0 Å². The maximum absolute atomic E-state index is 13.4. The van der Waals surface area contributed by atoms with Gasteiger partial charge in [0.05, 0.1) is 6.54 Å². The predicted molar refractivity (Wildman–Crippen MR) is 77.5 cm³/mol. The Hall–Kier alpha value is -1.42. The van der Waals surface area contributed by atoms with E-state index in [9.17, 15) is 9.18 Å². The Morgan fingerprint density at radius 2 is 2.15 bits per heavy atom. The standard InChI is InChI=1S/C16H23FN2O/c1-11(16(2,3)4)10-19-14(20)9-18-15(19)12-6-5-7-13(17)8-12/h5-8,11,15,18H,9-10H2,1-4H3. The van der Waals surface area contributed by atoms with E-state index >= 15 is 0 Å². The molecule has 1 aliphatic heterocycles. The first kappa shape index (κ1) is 15.0. The van der Waals surface area contributed by atoms with E-state index in [1.165, 1.54) is 12.1 Å². The Kier molecular flexibility index (Phi) is 4.14. The molecule has 4 heteroatoms. The number of hydrogen-bond donors (Lipinski definition) is 1. The lowest BCUT2D eigenvalue weighted by Gasteiger charge is -2.33.